The van der Waals surface area contributed by atoms with E-state index in [1.165, 1.54) is 0 Å². The molecule has 0 aliphatic carbocycles. The van der Waals surface area contributed by atoms with Crippen LogP contribution in [0, 0.1) is 0 Å². The molecule has 0 amide bonds. The van der Waals surface area contributed by atoms with Gasteiger partial charge in [0.1, 0.15) is 46.5 Å². The van der Waals surface area contributed by atoms with Crippen LogP contribution in [0.1, 0.15) is 19.3 Å². The summed E-state index contributed by atoms with van der Waals surface area (Å²) in [6.07, 6.45) is 15.4. The van der Waals surface area contributed by atoms with Crippen LogP contribution in [-0.2, 0) is 37.0 Å². The molecule has 2 fully saturated rings. The summed E-state index contributed by atoms with van der Waals surface area (Å²) < 4.78 is 56.3. The number of hydrogen-bond donors (Lipinski definition) is 3. The van der Waals surface area contributed by atoms with E-state index in [9.17, 15) is 0 Å². The molecule has 10 aromatic heterocycles. The van der Waals surface area contributed by atoms with Gasteiger partial charge < -0.3 is 53.4 Å². The van der Waals surface area contributed by atoms with Gasteiger partial charge in [0.15, 0.2) is 0 Å². The molecule has 465 valence electrons. The maximum absolute atomic E-state index is 6.72. The quantitative estimate of drug-likeness (QED) is 0.0346. The summed E-state index contributed by atoms with van der Waals surface area (Å²) in [6, 6.07) is 46.3. The van der Waals surface area contributed by atoms with Crippen LogP contribution in [0.3, 0.4) is 0 Å². The Bertz CT molecular complexity index is 3490. The molecular weight excluding hydrogens is 1320 g/mol. The maximum atomic E-state index is 6.72. The van der Waals surface area contributed by atoms with E-state index in [0.29, 0.717) is 104 Å². The molecule has 12 heterocycles. The number of aromatic nitrogens is 14. The number of hydrogen-bond acceptors (Lipinski definition) is 30. The molecule has 4 N–H and O–H groups in total. The summed E-state index contributed by atoms with van der Waals surface area (Å²) in [5, 5.41) is 6.86. The highest BCUT2D eigenvalue weighted by atomic mass is 28.5. The molecule has 11 radical (unpaired) electrons. The SMILES string of the molecule is NCCC[Si]1O[Si](CCCNc2nc(N(c3ccccn3)c3ccccn3)nc(N(c3ccccn3)c3ccccn3)n2)O[Si]O[Si]O[Si](O[Si]2O[Si]O[Si](CCCNc3nc(N(c4ccccn4)c4ccccn4)nc(N(c4ccccn4)c4ccccn4)n3)O2)O1. The summed E-state index contributed by atoms with van der Waals surface area (Å²) in [4.78, 5) is 74.1. The highest BCUT2D eigenvalue weighted by molar-refractivity contribution is 6.72. The molecule has 0 atom stereocenters. The number of nitrogens with one attached hydrogen (secondary N) is 2. The number of nitrogens with zero attached hydrogens (tertiary/aromatic N) is 18. The minimum atomic E-state index is -2.52. The number of rotatable bonds is 27. The van der Waals surface area contributed by atoms with Gasteiger partial charge in [-0.15, -0.1) is 0 Å². The Morgan fingerprint density at radius 2 is 0.656 bits per heavy atom. The first-order chi connectivity index (χ1) is 46.1. The van der Waals surface area contributed by atoms with Gasteiger partial charge in [0.25, 0.3) is 0 Å². The third-order valence-corrected chi connectivity index (χ3v) is 26.5. The molecule has 2 aliphatic heterocycles. The van der Waals surface area contributed by atoms with Crippen molar-refractivity contribution in [3.8, 4) is 0 Å². The first-order valence-corrected chi connectivity index (χ1v) is 38.4. The Hall–Kier alpha value is -8.64. The van der Waals surface area contributed by atoms with E-state index in [4.69, 9.17) is 72.7 Å². The second-order valence-corrected chi connectivity index (χ2v) is 31.7. The Morgan fingerprint density at radius 1 is 0.355 bits per heavy atom. The molecule has 0 spiro atoms. The van der Waals surface area contributed by atoms with Crippen molar-refractivity contribution in [2.45, 2.75) is 37.4 Å². The van der Waals surface area contributed by atoms with Crippen molar-refractivity contribution in [3.63, 3.8) is 0 Å². The fourth-order valence-electron chi connectivity index (χ4n) is 8.67. The van der Waals surface area contributed by atoms with E-state index in [0.717, 1.165) is 0 Å². The molecule has 30 nitrogen and oxygen atoms in total. The van der Waals surface area contributed by atoms with Crippen molar-refractivity contribution in [2.24, 2.45) is 5.73 Å². The zero-order chi connectivity index (χ0) is 63.1. The fraction of sp³-hybridized carbons (Fsp3) is 0.164. The van der Waals surface area contributed by atoms with Crippen molar-refractivity contribution >= 4 is 159 Å². The molecule has 0 aromatic carbocycles. The van der Waals surface area contributed by atoms with Crippen LogP contribution in [0.2, 0.25) is 18.1 Å². The lowest BCUT2D eigenvalue weighted by Crippen LogP contribution is -2.51. The lowest BCUT2D eigenvalue weighted by molar-refractivity contribution is 0.187. The van der Waals surface area contributed by atoms with E-state index >= 15 is 0 Å². The van der Waals surface area contributed by atoms with E-state index < -0.39 is 56.9 Å². The standard InChI is InChI=1S/C55H54N21O9Si8/c56-28-17-39-91-82-89(40-18-37-65-50-67-52(73(42-20-1-9-29-57-42)43-21-2-10-30-58-43)71-53(68-50)74(44-22-3-11-31-59-44)45-23-4-12-32-60-45)78-86-77-87-80-92(84-91)85-93-81-88-79-90(83-93)41-19-38-66-51-69-54(75(46-24-5-13-33-61-46)47-25-6-14-34-62-47)72-55(70-51)76(48-26-7-15-35-63-48)49-27-8-16-36-64-49/h1-16,20-27,29-36H,17-19,28,37-41,56H2,(H,65,67,68,71)(H,66,69,70,72). The summed E-state index contributed by atoms with van der Waals surface area (Å²) in [5.41, 5.74) is 6.05. The predicted molar refractivity (Wildman–Crippen MR) is 351 cm³/mol. The largest absolute Gasteiger partial charge is 0.550 e. The van der Waals surface area contributed by atoms with Crippen molar-refractivity contribution < 1.29 is 37.0 Å². The second-order valence-electron chi connectivity index (χ2n) is 19.1. The average Bonchev–Trinajstić information content (AvgIpc) is 0.879. The van der Waals surface area contributed by atoms with Crippen LogP contribution in [0.4, 0.5) is 82.2 Å². The Balaban J connectivity index is 0.696. The zero-order valence-electron chi connectivity index (χ0n) is 49.1. The topological polar surface area (TPSA) is 327 Å². The van der Waals surface area contributed by atoms with Gasteiger partial charge >= 0.3 is 76.9 Å². The Kier molecular flexibility index (Phi) is 23.4. The van der Waals surface area contributed by atoms with Gasteiger partial charge in [0, 0.05) is 62.7 Å². The summed E-state index contributed by atoms with van der Waals surface area (Å²) >= 11 is 0. The van der Waals surface area contributed by atoms with Crippen LogP contribution in [0.25, 0.3) is 0 Å². The molecule has 0 bridgehead atoms. The summed E-state index contributed by atoms with van der Waals surface area (Å²) in [6.45, 7) is 1.27. The molecule has 0 unspecified atom stereocenters. The lowest BCUT2D eigenvalue weighted by atomic mass is 10.3. The predicted octanol–water partition coefficient (Wildman–Crippen LogP) is 6.96. The molecule has 2 saturated heterocycles. The Morgan fingerprint density at radius 3 is 0.989 bits per heavy atom. The van der Waals surface area contributed by atoms with Crippen LogP contribution in [0.5, 0.6) is 0 Å². The number of pyridine rings is 8. The minimum Gasteiger partial charge on any atom is -0.414 e. The van der Waals surface area contributed by atoms with Gasteiger partial charge in [0.05, 0.1) is 0 Å². The second kappa shape index (κ2) is 33.8. The minimum absolute atomic E-state index is 0.248. The molecule has 12 rings (SSSR count). The first-order valence-electron chi connectivity index (χ1n) is 28.9. The first kappa shape index (κ1) is 64.5. The van der Waals surface area contributed by atoms with E-state index in [-0.39, 0.29) is 55.7 Å². The highest BCUT2D eigenvalue weighted by Gasteiger charge is 2.41. The molecule has 2 aliphatic rings. The van der Waals surface area contributed by atoms with Crippen molar-refractivity contribution in [2.75, 3.05) is 49.9 Å². The molecule has 93 heavy (non-hydrogen) atoms. The highest BCUT2D eigenvalue weighted by Crippen LogP contribution is 2.37. The van der Waals surface area contributed by atoms with Crippen LogP contribution >= 0.6 is 0 Å². The van der Waals surface area contributed by atoms with Gasteiger partial charge in [-0.05, 0) is 141 Å². The van der Waals surface area contributed by atoms with Gasteiger partial charge in [0.2, 0.25) is 35.7 Å². The zero-order valence-corrected chi connectivity index (χ0v) is 57.1. The van der Waals surface area contributed by atoms with Crippen molar-refractivity contribution in [1.82, 2.24) is 69.8 Å². The molecule has 38 heteroatoms. The van der Waals surface area contributed by atoms with Gasteiger partial charge in [-0.25, -0.2) is 59.5 Å². The van der Waals surface area contributed by atoms with Gasteiger partial charge in [-0.1, -0.05) is 48.5 Å². The molecule has 0 saturated carbocycles. The summed E-state index contributed by atoms with van der Waals surface area (Å²) in [7, 11) is -12.0. The van der Waals surface area contributed by atoms with Gasteiger partial charge in [-0.3, -0.25) is 0 Å². The van der Waals surface area contributed by atoms with Crippen molar-refractivity contribution in [3.05, 3.63) is 195 Å². The van der Waals surface area contributed by atoms with Crippen LogP contribution in [0.15, 0.2) is 195 Å². The normalized spacial score (nSPS) is 14.7. The lowest BCUT2D eigenvalue weighted by Gasteiger charge is -2.29. The van der Waals surface area contributed by atoms with Crippen molar-refractivity contribution in [1.29, 1.82) is 0 Å². The molecule has 10 aromatic rings. The third-order valence-electron chi connectivity index (χ3n) is 12.8. The number of nitrogens with two attached hydrogens (primary N) is 1. The van der Waals surface area contributed by atoms with Gasteiger partial charge in [-0.2, -0.15) is 29.9 Å². The monoisotopic (exact) mass is 1380 g/mol. The third kappa shape index (κ3) is 17.9. The molecular formula is C55H54N21O9Si8. The van der Waals surface area contributed by atoms with E-state index in [2.05, 4.69) is 50.5 Å². The summed E-state index contributed by atoms with van der Waals surface area (Å²) in [5.74, 6) is 5.89. The van der Waals surface area contributed by atoms with Crippen LogP contribution < -0.4 is 36.0 Å². The van der Waals surface area contributed by atoms with Crippen LogP contribution in [-0.4, -0.2) is 166 Å². The van der Waals surface area contributed by atoms with E-state index in [1.807, 2.05) is 146 Å². The maximum Gasteiger partial charge on any atom is 0.550 e. The fourth-order valence-corrected chi connectivity index (χ4v) is 23.5. The number of anilines is 14. The smallest absolute Gasteiger partial charge is 0.414 e. The average molecular weight is 1380 g/mol. The van der Waals surface area contributed by atoms with E-state index in [1.54, 1.807) is 69.2 Å². The Labute approximate surface area is 551 Å².